The third-order valence-electron chi connectivity index (χ3n) is 13.5. The lowest BCUT2D eigenvalue weighted by Gasteiger charge is -2.38. The number of alkyl carbamates (subject to hydrolysis) is 1. The Bertz CT molecular complexity index is 2050. The highest BCUT2D eigenvalue weighted by molar-refractivity contribution is 5.86. The van der Waals surface area contributed by atoms with Crippen LogP contribution in [0.15, 0.2) is 79.4 Å². The number of anilines is 2. The van der Waals surface area contributed by atoms with Gasteiger partial charge in [0.1, 0.15) is 18.2 Å². The minimum Gasteiger partial charge on any atom is -0.445 e. The molecule has 2 aromatic heterocycles. The molecule has 4 aliphatic rings. The van der Waals surface area contributed by atoms with Crippen LogP contribution in [0, 0.1) is 11.8 Å². The Morgan fingerprint density at radius 1 is 0.652 bits per heavy atom. The molecule has 0 unspecified atom stereocenters. The number of pyridine rings is 2. The van der Waals surface area contributed by atoms with E-state index in [9.17, 15) is 24.0 Å². The number of nitrogens with two attached hydrogens (primary N) is 1. The van der Waals surface area contributed by atoms with Crippen molar-refractivity contribution in [2.24, 2.45) is 17.6 Å². The van der Waals surface area contributed by atoms with E-state index in [1.165, 1.54) is 0 Å². The van der Waals surface area contributed by atoms with Gasteiger partial charge in [0.15, 0.2) is 0 Å². The van der Waals surface area contributed by atoms with E-state index in [0.717, 1.165) is 88.1 Å². The first kappa shape index (κ1) is 52.4. The summed E-state index contributed by atoms with van der Waals surface area (Å²) in [6.45, 7) is 16.1. The van der Waals surface area contributed by atoms with Crippen molar-refractivity contribution in [1.29, 1.82) is 0 Å². The molecule has 7 rings (SSSR count). The Morgan fingerprint density at radius 3 is 1.65 bits per heavy atom. The van der Waals surface area contributed by atoms with Crippen molar-refractivity contribution in [1.82, 2.24) is 34.9 Å². The summed E-state index contributed by atoms with van der Waals surface area (Å²) < 4.78 is 11.0. The van der Waals surface area contributed by atoms with Crippen molar-refractivity contribution in [3.63, 3.8) is 0 Å². The average molecular weight is 953 g/mol. The van der Waals surface area contributed by atoms with Crippen molar-refractivity contribution < 1.29 is 33.4 Å². The fourth-order valence-corrected chi connectivity index (χ4v) is 9.44. The molecule has 4 aliphatic heterocycles. The molecule has 4 fully saturated rings. The first-order chi connectivity index (χ1) is 33.3. The van der Waals surface area contributed by atoms with E-state index in [-0.39, 0.29) is 36.3 Å². The zero-order valence-corrected chi connectivity index (χ0v) is 41.4. The molecule has 0 spiro atoms. The quantitative estimate of drug-likeness (QED) is 0.194. The summed E-state index contributed by atoms with van der Waals surface area (Å²) in [5, 5.41) is 2.86. The number of unbranched alkanes of at least 4 members (excludes halogenated alkanes) is 1. The van der Waals surface area contributed by atoms with Crippen LogP contribution in [0.3, 0.4) is 0 Å². The monoisotopic (exact) mass is 953 g/mol. The minimum absolute atomic E-state index is 0.0702. The number of aromatic nitrogens is 2. The summed E-state index contributed by atoms with van der Waals surface area (Å²) in [5.74, 6) is 0.863. The molecule has 0 radical (unpaired) electrons. The van der Waals surface area contributed by atoms with Gasteiger partial charge < -0.3 is 49.9 Å². The predicted molar refractivity (Wildman–Crippen MR) is 266 cm³/mol. The number of benzene rings is 1. The van der Waals surface area contributed by atoms with Gasteiger partial charge in [-0.15, -0.1) is 0 Å². The molecule has 2 atom stereocenters. The number of piperidine rings is 2. The number of nitrogens with one attached hydrogen (secondary N) is 1. The van der Waals surface area contributed by atoms with Crippen LogP contribution >= 0.6 is 0 Å². The smallest absolute Gasteiger partial charge is 0.410 e. The van der Waals surface area contributed by atoms with Gasteiger partial charge in [-0.3, -0.25) is 24.4 Å². The zero-order chi connectivity index (χ0) is 49.2. The molecular weight excluding hydrogens is 877 g/mol. The topological polar surface area (TPSA) is 187 Å². The molecule has 17 heteroatoms. The summed E-state index contributed by atoms with van der Waals surface area (Å²) in [5.41, 5.74) is 8.85. The molecule has 3 aromatic rings. The summed E-state index contributed by atoms with van der Waals surface area (Å²) in [6, 6.07) is 16.3. The van der Waals surface area contributed by atoms with Gasteiger partial charge in [-0.05, 0) is 107 Å². The third-order valence-corrected chi connectivity index (χ3v) is 13.5. The molecular formula is C52H76N10O7. The van der Waals surface area contributed by atoms with E-state index in [4.69, 9.17) is 15.2 Å². The summed E-state index contributed by atoms with van der Waals surface area (Å²) in [4.78, 5) is 84.0. The summed E-state index contributed by atoms with van der Waals surface area (Å²) in [7, 11) is 0. The second-order valence-electron chi connectivity index (χ2n) is 19.7. The summed E-state index contributed by atoms with van der Waals surface area (Å²) in [6.07, 6.45) is 13.5. The Kier molecular flexibility index (Phi) is 19.8. The minimum atomic E-state index is -0.700. The van der Waals surface area contributed by atoms with Crippen LogP contribution in [0.5, 0.6) is 0 Å². The first-order valence-electron chi connectivity index (χ1n) is 25.1. The van der Waals surface area contributed by atoms with Gasteiger partial charge in [0, 0.05) is 121 Å². The maximum atomic E-state index is 13.7. The highest BCUT2D eigenvalue weighted by Gasteiger charge is 2.35. The number of likely N-dealkylation sites (tertiary alicyclic amines) is 2. The van der Waals surface area contributed by atoms with Crippen molar-refractivity contribution in [2.75, 3.05) is 88.3 Å². The van der Waals surface area contributed by atoms with Gasteiger partial charge in [-0.25, -0.2) is 9.59 Å². The number of nitrogens with zero attached hydrogens (tertiary/aromatic N) is 8. The van der Waals surface area contributed by atoms with Crippen LogP contribution in [0.25, 0.3) is 0 Å². The molecule has 3 N–H and O–H groups in total. The van der Waals surface area contributed by atoms with E-state index in [0.29, 0.717) is 71.1 Å². The highest BCUT2D eigenvalue weighted by Crippen LogP contribution is 2.26. The number of ether oxygens (including phenoxy) is 2. The fraction of sp³-hybridized carbons (Fsp3) is 0.596. The zero-order valence-electron chi connectivity index (χ0n) is 41.4. The number of carbonyl (C=O) groups excluding carboxylic acids is 5. The Labute approximate surface area is 409 Å². The predicted octanol–water partition coefficient (Wildman–Crippen LogP) is 5.94. The van der Waals surface area contributed by atoms with Crippen molar-refractivity contribution in [2.45, 2.75) is 110 Å². The standard InChI is InChI=1S/C30H41N5O5.C22H35N5O2/c1-30(2,3)40-29(38)35-15-11-23(12-16-35)21-26(32-28(37)39-22-24-7-5-4-6-8-24)27(36)34-19-17-33(18-20-34)25-9-13-31-14-10-25;1-2-3-4-21(28)26-11-7-18(8-12-26)17-20(23)22(29)27-15-13-25(14-16-27)19-5-9-24-10-6-19/h4-10,13-14,23,26H,11-12,15-22H2,1-3H3,(H,32,37);5-6,9-10,18,20H,2-4,7-8,11-17,23H2,1H3/t26-;20-/m00/s1. The molecule has 69 heavy (non-hydrogen) atoms. The van der Waals surface area contributed by atoms with E-state index >= 15 is 0 Å². The van der Waals surface area contributed by atoms with E-state index in [1.807, 2.05) is 90.1 Å². The average Bonchev–Trinajstić information content (AvgIpc) is 3.37. The van der Waals surface area contributed by atoms with Crippen LogP contribution < -0.4 is 20.9 Å². The number of hydrogen-bond donors (Lipinski definition) is 2. The van der Waals surface area contributed by atoms with Crippen LogP contribution in [0.4, 0.5) is 21.0 Å². The van der Waals surface area contributed by atoms with E-state index in [1.54, 1.807) is 29.7 Å². The van der Waals surface area contributed by atoms with Gasteiger partial charge in [-0.1, -0.05) is 43.7 Å². The largest absolute Gasteiger partial charge is 0.445 e. The fourth-order valence-electron chi connectivity index (χ4n) is 9.44. The van der Waals surface area contributed by atoms with Gasteiger partial charge in [0.25, 0.3) is 0 Å². The second kappa shape index (κ2) is 26.1. The van der Waals surface area contributed by atoms with Crippen LogP contribution in [-0.4, -0.2) is 156 Å². The molecule has 4 saturated heterocycles. The molecule has 17 nitrogen and oxygen atoms in total. The van der Waals surface area contributed by atoms with Gasteiger partial charge >= 0.3 is 12.2 Å². The van der Waals surface area contributed by atoms with Crippen molar-refractivity contribution >= 4 is 41.3 Å². The number of rotatable bonds is 14. The van der Waals surface area contributed by atoms with Crippen LogP contribution in [0.1, 0.15) is 91.0 Å². The van der Waals surface area contributed by atoms with E-state index in [2.05, 4.69) is 32.0 Å². The molecule has 5 amide bonds. The Balaban J connectivity index is 0.000000239. The number of carbonyl (C=O) groups is 5. The van der Waals surface area contributed by atoms with Gasteiger partial charge in [-0.2, -0.15) is 0 Å². The first-order valence-corrected chi connectivity index (χ1v) is 25.1. The normalized spacial score (nSPS) is 18.1. The van der Waals surface area contributed by atoms with Crippen LogP contribution in [0.2, 0.25) is 0 Å². The molecule has 0 aliphatic carbocycles. The lowest BCUT2D eigenvalue weighted by Crippen LogP contribution is -2.55. The molecule has 6 heterocycles. The van der Waals surface area contributed by atoms with Crippen LogP contribution in [-0.2, 0) is 30.5 Å². The summed E-state index contributed by atoms with van der Waals surface area (Å²) >= 11 is 0. The molecule has 376 valence electrons. The maximum Gasteiger partial charge on any atom is 0.410 e. The maximum absolute atomic E-state index is 13.7. The van der Waals surface area contributed by atoms with Gasteiger partial charge in [0.05, 0.1) is 6.04 Å². The van der Waals surface area contributed by atoms with Crippen molar-refractivity contribution in [3.05, 3.63) is 84.9 Å². The number of amides is 5. The second-order valence-corrected chi connectivity index (χ2v) is 19.7. The Morgan fingerprint density at radius 2 is 1.14 bits per heavy atom. The molecule has 0 saturated carbocycles. The lowest BCUT2D eigenvalue weighted by atomic mass is 9.89. The highest BCUT2D eigenvalue weighted by atomic mass is 16.6. The lowest BCUT2D eigenvalue weighted by molar-refractivity contribution is -0.135. The third kappa shape index (κ3) is 16.6. The number of piperazine rings is 2. The number of hydrogen-bond acceptors (Lipinski definition) is 12. The Hall–Kier alpha value is -5.97. The van der Waals surface area contributed by atoms with E-state index < -0.39 is 23.8 Å². The van der Waals surface area contributed by atoms with Gasteiger partial charge in [0.2, 0.25) is 17.7 Å². The SMILES string of the molecule is CC(C)(C)OC(=O)N1CCC(C[C@H](NC(=O)OCc2ccccc2)C(=O)N2CCN(c3ccncc3)CC2)CC1.CCCCC(=O)N1CCC(C[C@H](N)C(=O)N2CCN(c3ccncc3)CC2)CC1. The van der Waals surface area contributed by atoms with Crippen molar-refractivity contribution in [3.8, 4) is 0 Å². The molecule has 1 aromatic carbocycles. The molecule has 0 bridgehead atoms.